The summed E-state index contributed by atoms with van der Waals surface area (Å²) in [6, 6.07) is 12.8. The first-order chi connectivity index (χ1) is 9.63. The molecule has 0 unspecified atom stereocenters. The molecule has 0 aliphatic carbocycles. The van der Waals surface area contributed by atoms with Crippen molar-refractivity contribution in [3.63, 3.8) is 0 Å². The van der Waals surface area contributed by atoms with Crippen molar-refractivity contribution in [2.45, 2.75) is 0 Å². The number of halogens is 2. The van der Waals surface area contributed by atoms with Gasteiger partial charge in [0.25, 0.3) is 5.91 Å². The highest BCUT2D eigenvalue weighted by Crippen LogP contribution is 2.24. The number of fused-ring (bicyclic) bond motifs is 1. The van der Waals surface area contributed by atoms with Gasteiger partial charge in [-0.25, -0.2) is 0 Å². The SMILES string of the molecule is O=C(Nc1ccc2[nH]ccc2c1)c1ccc(Cl)c(Br)c1. The van der Waals surface area contributed by atoms with E-state index in [-0.39, 0.29) is 5.91 Å². The summed E-state index contributed by atoms with van der Waals surface area (Å²) in [4.78, 5) is 15.3. The number of carbonyl (C=O) groups excluding carboxylic acids is 1. The molecule has 3 nitrogen and oxygen atoms in total. The lowest BCUT2D eigenvalue weighted by Crippen LogP contribution is -2.11. The Balaban J connectivity index is 1.85. The minimum absolute atomic E-state index is 0.169. The van der Waals surface area contributed by atoms with E-state index in [0.29, 0.717) is 15.1 Å². The van der Waals surface area contributed by atoms with Crippen LogP contribution in [0.2, 0.25) is 5.02 Å². The molecule has 0 radical (unpaired) electrons. The fourth-order valence-electron chi connectivity index (χ4n) is 1.97. The molecule has 100 valence electrons. The Bertz CT molecular complexity index is 797. The Kier molecular flexibility index (Phi) is 3.51. The van der Waals surface area contributed by atoms with Crippen molar-refractivity contribution in [3.05, 3.63) is 63.7 Å². The van der Waals surface area contributed by atoms with Crippen LogP contribution in [-0.2, 0) is 0 Å². The van der Waals surface area contributed by atoms with E-state index in [9.17, 15) is 4.79 Å². The van der Waals surface area contributed by atoms with Crippen molar-refractivity contribution in [2.24, 2.45) is 0 Å². The maximum atomic E-state index is 12.2. The summed E-state index contributed by atoms with van der Waals surface area (Å²) < 4.78 is 0.702. The smallest absolute Gasteiger partial charge is 0.255 e. The fraction of sp³-hybridized carbons (Fsp3) is 0. The third kappa shape index (κ3) is 2.57. The van der Waals surface area contributed by atoms with Crippen molar-refractivity contribution in [2.75, 3.05) is 5.32 Å². The molecule has 1 heterocycles. The minimum atomic E-state index is -0.169. The average molecular weight is 350 g/mol. The zero-order valence-electron chi connectivity index (χ0n) is 10.3. The van der Waals surface area contributed by atoms with Crippen LogP contribution in [0.3, 0.4) is 0 Å². The van der Waals surface area contributed by atoms with Crippen LogP contribution in [0.1, 0.15) is 10.4 Å². The number of aromatic amines is 1. The minimum Gasteiger partial charge on any atom is -0.361 e. The molecule has 3 rings (SSSR count). The molecular formula is C15H10BrClN2O. The van der Waals surface area contributed by atoms with Crippen LogP contribution in [0.5, 0.6) is 0 Å². The van der Waals surface area contributed by atoms with Gasteiger partial charge in [0.2, 0.25) is 0 Å². The zero-order valence-corrected chi connectivity index (χ0v) is 12.6. The topological polar surface area (TPSA) is 44.9 Å². The molecule has 5 heteroatoms. The number of aromatic nitrogens is 1. The fourth-order valence-corrected chi connectivity index (χ4v) is 2.47. The number of hydrogen-bond donors (Lipinski definition) is 2. The van der Waals surface area contributed by atoms with Gasteiger partial charge in [0.15, 0.2) is 0 Å². The van der Waals surface area contributed by atoms with Crippen molar-refractivity contribution < 1.29 is 4.79 Å². The van der Waals surface area contributed by atoms with Gasteiger partial charge in [0.05, 0.1) is 5.02 Å². The van der Waals surface area contributed by atoms with Gasteiger partial charge in [0, 0.05) is 32.8 Å². The monoisotopic (exact) mass is 348 g/mol. The van der Waals surface area contributed by atoms with E-state index in [2.05, 4.69) is 26.2 Å². The van der Waals surface area contributed by atoms with Crippen molar-refractivity contribution in [1.82, 2.24) is 4.98 Å². The largest absolute Gasteiger partial charge is 0.361 e. The quantitative estimate of drug-likeness (QED) is 0.683. The van der Waals surface area contributed by atoms with E-state index in [1.807, 2.05) is 30.5 Å². The molecule has 0 aliphatic heterocycles. The van der Waals surface area contributed by atoms with Crippen LogP contribution >= 0.6 is 27.5 Å². The number of rotatable bonds is 2. The number of benzene rings is 2. The maximum absolute atomic E-state index is 12.2. The van der Waals surface area contributed by atoms with Crippen LogP contribution in [0.25, 0.3) is 10.9 Å². The molecule has 1 amide bonds. The first-order valence-electron chi connectivity index (χ1n) is 5.97. The van der Waals surface area contributed by atoms with Crippen LogP contribution < -0.4 is 5.32 Å². The Labute approximate surface area is 129 Å². The predicted octanol–water partition coefficient (Wildman–Crippen LogP) is 4.84. The van der Waals surface area contributed by atoms with Gasteiger partial charge in [0.1, 0.15) is 0 Å². The van der Waals surface area contributed by atoms with E-state index in [4.69, 9.17) is 11.6 Å². The Hall–Kier alpha value is -1.78. The number of carbonyl (C=O) groups is 1. The molecule has 0 saturated carbocycles. The normalized spacial score (nSPS) is 10.7. The van der Waals surface area contributed by atoms with E-state index in [1.54, 1.807) is 18.2 Å². The van der Waals surface area contributed by atoms with E-state index < -0.39 is 0 Å². The summed E-state index contributed by atoms with van der Waals surface area (Å²) in [5, 5.41) is 4.50. The highest BCUT2D eigenvalue weighted by Gasteiger charge is 2.08. The molecular weight excluding hydrogens is 340 g/mol. The van der Waals surface area contributed by atoms with Gasteiger partial charge in [-0.05, 0) is 58.4 Å². The molecule has 2 aromatic carbocycles. The van der Waals surface area contributed by atoms with Gasteiger partial charge in [-0.2, -0.15) is 0 Å². The zero-order chi connectivity index (χ0) is 14.1. The molecule has 0 bridgehead atoms. The van der Waals surface area contributed by atoms with Gasteiger partial charge in [-0.3, -0.25) is 4.79 Å². The summed E-state index contributed by atoms with van der Waals surface area (Å²) in [6.07, 6.45) is 1.87. The first kappa shape index (κ1) is 13.2. The molecule has 0 saturated heterocycles. The standard InChI is InChI=1S/C15H10BrClN2O/c16-12-8-10(1-3-13(12)17)15(20)19-11-2-4-14-9(7-11)5-6-18-14/h1-8,18H,(H,19,20). The second-order valence-corrected chi connectivity index (χ2v) is 5.62. The van der Waals surface area contributed by atoms with Crippen LogP contribution in [0.4, 0.5) is 5.69 Å². The molecule has 0 spiro atoms. The molecule has 0 aliphatic rings. The van der Waals surface area contributed by atoms with Gasteiger partial charge >= 0.3 is 0 Å². The number of nitrogens with one attached hydrogen (secondary N) is 2. The molecule has 3 aromatic rings. The lowest BCUT2D eigenvalue weighted by atomic mass is 10.2. The van der Waals surface area contributed by atoms with Crippen molar-refractivity contribution >= 4 is 50.0 Å². The highest BCUT2D eigenvalue weighted by molar-refractivity contribution is 9.10. The number of H-pyrrole nitrogens is 1. The third-order valence-corrected chi connectivity index (χ3v) is 4.21. The van der Waals surface area contributed by atoms with Gasteiger partial charge < -0.3 is 10.3 Å². The molecule has 1 aromatic heterocycles. The summed E-state index contributed by atoms with van der Waals surface area (Å²) in [6.45, 7) is 0. The summed E-state index contributed by atoms with van der Waals surface area (Å²) in [5.74, 6) is -0.169. The van der Waals surface area contributed by atoms with Crippen LogP contribution in [0, 0.1) is 0 Å². The predicted molar refractivity (Wildman–Crippen MR) is 85.4 cm³/mol. The van der Waals surface area contributed by atoms with Crippen molar-refractivity contribution in [1.29, 1.82) is 0 Å². The van der Waals surface area contributed by atoms with Gasteiger partial charge in [-0.1, -0.05) is 11.6 Å². The number of hydrogen-bond acceptors (Lipinski definition) is 1. The molecule has 0 fully saturated rings. The Morgan fingerprint density at radius 1 is 1.15 bits per heavy atom. The lowest BCUT2D eigenvalue weighted by Gasteiger charge is -2.06. The van der Waals surface area contributed by atoms with Gasteiger partial charge in [-0.15, -0.1) is 0 Å². The van der Waals surface area contributed by atoms with E-state index in [0.717, 1.165) is 16.6 Å². The molecule has 2 N–H and O–H groups in total. The second kappa shape index (κ2) is 5.31. The summed E-state index contributed by atoms with van der Waals surface area (Å²) in [5.41, 5.74) is 2.35. The van der Waals surface area contributed by atoms with Crippen LogP contribution in [-0.4, -0.2) is 10.9 Å². The molecule has 0 atom stereocenters. The Morgan fingerprint density at radius 3 is 2.80 bits per heavy atom. The lowest BCUT2D eigenvalue weighted by molar-refractivity contribution is 0.102. The van der Waals surface area contributed by atoms with E-state index in [1.165, 1.54) is 0 Å². The summed E-state index contributed by atoms with van der Waals surface area (Å²) in [7, 11) is 0. The van der Waals surface area contributed by atoms with Crippen LogP contribution in [0.15, 0.2) is 53.1 Å². The Morgan fingerprint density at radius 2 is 2.00 bits per heavy atom. The third-order valence-electron chi connectivity index (χ3n) is 2.99. The highest BCUT2D eigenvalue weighted by atomic mass is 79.9. The van der Waals surface area contributed by atoms with Crippen molar-refractivity contribution in [3.8, 4) is 0 Å². The number of anilines is 1. The molecule has 20 heavy (non-hydrogen) atoms. The second-order valence-electron chi connectivity index (χ2n) is 4.36. The maximum Gasteiger partial charge on any atom is 0.255 e. The number of amides is 1. The first-order valence-corrected chi connectivity index (χ1v) is 7.14. The average Bonchev–Trinajstić information content (AvgIpc) is 2.89. The van der Waals surface area contributed by atoms with E-state index >= 15 is 0 Å². The summed E-state index contributed by atoms with van der Waals surface area (Å²) >= 11 is 9.23.